The fourth-order valence-corrected chi connectivity index (χ4v) is 3.63. The monoisotopic (exact) mass is 361 g/mol. The van der Waals surface area contributed by atoms with Crippen molar-refractivity contribution in [2.75, 3.05) is 13.7 Å². The van der Waals surface area contributed by atoms with E-state index >= 15 is 0 Å². The minimum absolute atomic E-state index is 0.0639. The molecule has 1 aliphatic rings. The minimum atomic E-state index is 0.0639. The van der Waals surface area contributed by atoms with Crippen LogP contribution in [0.25, 0.3) is 5.69 Å². The van der Waals surface area contributed by atoms with Crippen molar-refractivity contribution in [1.29, 1.82) is 0 Å². The van der Waals surface area contributed by atoms with Crippen molar-refractivity contribution in [2.24, 2.45) is 0 Å². The third-order valence-electron chi connectivity index (χ3n) is 5.13. The number of hydrogen-bond donors (Lipinski definition) is 0. The number of rotatable bonds is 4. The van der Waals surface area contributed by atoms with Crippen molar-refractivity contribution < 1.29 is 9.53 Å². The molecule has 2 aromatic carbocycles. The van der Waals surface area contributed by atoms with Gasteiger partial charge in [-0.25, -0.2) is 4.68 Å². The zero-order valence-corrected chi connectivity index (χ0v) is 15.8. The number of ether oxygens (including phenoxy) is 1. The van der Waals surface area contributed by atoms with Crippen LogP contribution < -0.4 is 4.74 Å². The Morgan fingerprint density at radius 2 is 1.89 bits per heavy atom. The number of hydrogen-bond acceptors (Lipinski definition) is 3. The number of nitrogens with zero attached hydrogens (tertiary/aromatic N) is 3. The zero-order chi connectivity index (χ0) is 19.0. The molecule has 4 rings (SSSR count). The van der Waals surface area contributed by atoms with Crippen LogP contribution in [0.3, 0.4) is 0 Å². The standard InChI is InChI=1S/C22H23N3O2/c1-15-13-16(2)25(23-15)19-9-7-17(8-10-19)22(26)24-12-11-21(24)18-5-4-6-20(14-18)27-3/h4-10,13-14,21H,11-12H2,1-3H3. The molecule has 0 N–H and O–H groups in total. The molecule has 1 fully saturated rings. The van der Waals surface area contributed by atoms with Crippen molar-refractivity contribution in [3.63, 3.8) is 0 Å². The Morgan fingerprint density at radius 1 is 1.11 bits per heavy atom. The van der Waals surface area contributed by atoms with E-state index in [1.165, 1.54) is 0 Å². The Balaban J connectivity index is 1.53. The highest BCUT2D eigenvalue weighted by Crippen LogP contribution is 2.35. The van der Waals surface area contributed by atoms with Crippen LogP contribution in [0.2, 0.25) is 0 Å². The van der Waals surface area contributed by atoms with E-state index in [4.69, 9.17) is 4.74 Å². The van der Waals surface area contributed by atoms with Crippen LogP contribution in [0.15, 0.2) is 54.6 Å². The van der Waals surface area contributed by atoms with Gasteiger partial charge in [0.1, 0.15) is 5.75 Å². The fraction of sp³-hybridized carbons (Fsp3) is 0.273. The fourth-order valence-electron chi connectivity index (χ4n) is 3.63. The zero-order valence-electron chi connectivity index (χ0n) is 15.8. The third-order valence-corrected chi connectivity index (χ3v) is 5.13. The number of carbonyl (C=O) groups excluding carboxylic acids is 1. The van der Waals surface area contributed by atoms with Crippen LogP contribution in [0, 0.1) is 13.8 Å². The highest BCUT2D eigenvalue weighted by atomic mass is 16.5. The summed E-state index contributed by atoms with van der Waals surface area (Å²) in [5.41, 5.74) is 4.84. The summed E-state index contributed by atoms with van der Waals surface area (Å²) in [6, 6.07) is 17.8. The molecule has 0 aliphatic carbocycles. The summed E-state index contributed by atoms with van der Waals surface area (Å²) >= 11 is 0. The van der Waals surface area contributed by atoms with E-state index in [9.17, 15) is 4.79 Å². The third kappa shape index (κ3) is 3.21. The van der Waals surface area contributed by atoms with Gasteiger partial charge < -0.3 is 9.64 Å². The summed E-state index contributed by atoms with van der Waals surface area (Å²) in [7, 11) is 1.66. The van der Waals surface area contributed by atoms with E-state index in [-0.39, 0.29) is 11.9 Å². The van der Waals surface area contributed by atoms with Crippen molar-refractivity contribution >= 4 is 5.91 Å². The van der Waals surface area contributed by atoms with Crippen LogP contribution in [0.5, 0.6) is 5.75 Å². The van der Waals surface area contributed by atoms with Crippen LogP contribution in [0.1, 0.15) is 39.8 Å². The van der Waals surface area contributed by atoms with Crippen LogP contribution in [0.4, 0.5) is 0 Å². The Hall–Kier alpha value is -3.08. The second-order valence-corrected chi connectivity index (χ2v) is 6.97. The number of benzene rings is 2. The van der Waals surface area contributed by atoms with Crippen molar-refractivity contribution in [3.8, 4) is 11.4 Å². The summed E-state index contributed by atoms with van der Waals surface area (Å²) < 4.78 is 7.20. The topological polar surface area (TPSA) is 47.4 Å². The molecule has 0 spiro atoms. The predicted molar refractivity (Wildman–Crippen MR) is 104 cm³/mol. The molecule has 0 bridgehead atoms. The molecule has 27 heavy (non-hydrogen) atoms. The highest BCUT2D eigenvalue weighted by molar-refractivity contribution is 5.95. The molecule has 138 valence electrons. The number of carbonyl (C=O) groups is 1. The minimum Gasteiger partial charge on any atom is -0.497 e. The van der Waals surface area contributed by atoms with Gasteiger partial charge in [0.25, 0.3) is 5.91 Å². The molecule has 5 heteroatoms. The SMILES string of the molecule is COc1cccc(C2CCN2C(=O)c2ccc(-n3nc(C)cc3C)cc2)c1. The van der Waals surface area contributed by atoms with Crippen molar-refractivity contribution in [2.45, 2.75) is 26.3 Å². The second kappa shape index (κ2) is 6.91. The second-order valence-electron chi connectivity index (χ2n) is 6.97. The van der Waals surface area contributed by atoms with E-state index in [0.29, 0.717) is 5.56 Å². The molecule has 0 radical (unpaired) electrons. The molecule has 1 amide bonds. The predicted octanol–water partition coefficient (Wildman–Crippen LogP) is 4.08. The molecule has 0 saturated carbocycles. The number of likely N-dealkylation sites (tertiary alicyclic amines) is 1. The Kier molecular flexibility index (Phi) is 4.44. The van der Waals surface area contributed by atoms with Crippen molar-refractivity contribution in [3.05, 3.63) is 77.1 Å². The number of amides is 1. The molecular weight excluding hydrogens is 338 g/mol. The molecular formula is C22H23N3O2. The van der Waals surface area contributed by atoms with Gasteiger partial charge in [-0.3, -0.25) is 4.79 Å². The molecule has 1 aromatic heterocycles. The quantitative estimate of drug-likeness (QED) is 0.703. The largest absolute Gasteiger partial charge is 0.497 e. The van der Waals surface area contributed by atoms with Gasteiger partial charge in [0, 0.05) is 17.8 Å². The van der Waals surface area contributed by atoms with E-state index in [1.54, 1.807) is 7.11 Å². The molecule has 5 nitrogen and oxygen atoms in total. The van der Waals surface area contributed by atoms with Gasteiger partial charge in [-0.05, 0) is 68.3 Å². The molecule has 3 aromatic rings. The molecule has 1 unspecified atom stereocenters. The maximum absolute atomic E-state index is 13.0. The smallest absolute Gasteiger partial charge is 0.254 e. The number of methoxy groups -OCH3 is 1. The number of aryl methyl sites for hydroxylation is 2. The molecule has 1 saturated heterocycles. The van der Waals surface area contributed by atoms with Gasteiger partial charge >= 0.3 is 0 Å². The van der Waals surface area contributed by atoms with Crippen LogP contribution in [-0.4, -0.2) is 34.2 Å². The van der Waals surface area contributed by atoms with Gasteiger partial charge in [0.15, 0.2) is 0 Å². The normalized spacial score (nSPS) is 16.1. The average molecular weight is 361 g/mol. The van der Waals surface area contributed by atoms with E-state index in [1.807, 2.05) is 72.0 Å². The summed E-state index contributed by atoms with van der Waals surface area (Å²) in [5.74, 6) is 0.884. The maximum atomic E-state index is 13.0. The molecule has 1 aliphatic heterocycles. The summed E-state index contributed by atoms with van der Waals surface area (Å²) in [6.07, 6.45) is 0.975. The lowest BCUT2D eigenvalue weighted by molar-refractivity contribution is 0.0460. The summed E-state index contributed by atoms with van der Waals surface area (Å²) in [4.78, 5) is 14.9. The van der Waals surface area contributed by atoms with Gasteiger partial charge in [0.05, 0.1) is 24.5 Å². The maximum Gasteiger partial charge on any atom is 0.254 e. The summed E-state index contributed by atoms with van der Waals surface area (Å²) in [6.45, 7) is 4.78. The van der Waals surface area contributed by atoms with Gasteiger partial charge in [-0.1, -0.05) is 12.1 Å². The average Bonchev–Trinajstić information content (AvgIpc) is 2.99. The van der Waals surface area contributed by atoms with E-state index in [0.717, 1.165) is 41.4 Å². The Labute approximate surface area is 159 Å². The number of aromatic nitrogens is 2. The van der Waals surface area contributed by atoms with Crippen LogP contribution >= 0.6 is 0 Å². The summed E-state index contributed by atoms with van der Waals surface area (Å²) in [5, 5.41) is 4.49. The highest BCUT2D eigenvalue weighted by Gasteiger charge is 2.34. The van der Waals surface area contributed by atoms with E-state index in [2.05, 4.69) is 11.2 Å². The Morgan fingerprint density at radius 3 is 2.48 bits per heavy atom. The lowest BCUT2D eigenvalue weighted by atomic mass is 9.93. The van der Waals surface area contributed by atoms with Crippen LogP contribution in [-0.2, 0) is 0 Å². The van der Waals surface area contributed by atoms with Gasteiger partial charge in [-0.2, -0.15) is 5.10 Å². The van der Waals surface area contributed by atoms with Crippen molar-refractivity contribution in [1.82, 2.24) is 14.7 Å². The molecule has 2 heterocycles. The lowest BCUT2D eigenvalue weighted by Gasteiger charge is -2.41. The molecule has 1 atom stereocenters. The first-order valence-corrected chi connectivity index (χ1v) is 9.15. The first-order chi connectivity index (χ1) is 13.1. The first kappa shape index (κ1) is 17.3. The van der Waals surface area contributed by atoms with E-state index < -0.39 is 0 Å². The lowest BCUT2D eigenvalue weighted by Crippen LogP contribution is -2.45. The first-order valence-electron chi connectivity index (χ1n) is 9.15. The van der Waals surface area contributed by atoms with Gasteiger partial charge in [0.2, 0.25) is 0 Å². The Bertz CT molecular complexity index is 975. The van der Waals surface area contributed by atoms with Gasteiger partial charge in [-0.15, -0.1) is 0 Å².